The van der Waals surface area contributed by atoms with Crippen molar-refractivity contribution in [2.75, 3.05) is 12.8 Å². The lowest BCUT2D eigenvalue weighted by molar-refractivity contribution is 0.414. The first kappa shape index (κ1) is 12.0. The predicted molar refractivity (Wildman–Crippen MR) is 75.9 cm³/mol. The zero-order valence-corrected chi connectivity index (χ0v) is 11.6. The highest BCUT2D eigenvalue weighted by Crippen LogP contribution is 2.36. The fraction of sp³-hybridized carbons (Fsp3) is 0.0769. The Bertz CT molecular complexity index is 698. The molecule has 0 unspecified atom stereocenters. The van der Waals surface area contributed by atoms with Gasteiger partial charge in [0.25, 0.3) is 0 Å². The molecular formula is C13H10BrN3O2. The molecule has 19 heavy (non-hydrogen) atoms. The number of nitrogens with zero attached hydrogens (tertiary/aromatic N) is 2. The Labute approximate surface area is 117 Å². The van der Waals surface area contributed by atoms with Crippen LogP contribution in [-0.2, 0) is 0 Å². The van der Waals surface area contributed by atoms with Crippen LogP contribution in [0.2, 0.25) is 0 Å². The number of benzene rings is 1. The molecule has 0 aliphatic rings. The van der Waals surface area contributed by atoms with Crippen LogP contribution < -0.4 is 10.5 Å². The lowest BCUT2D eigenvalue weighted by Gasteiger charge is -2.08. The van der Waals surface area contributed by atoms with Gasteiger partial charge in [-0.3, -0.25) is 4.98 Å². The van der Waals surface area contributed by atoms with Gasteiger partial charge in [-0.05, 0) is 28.1 Å². The fourth-order valence-electron chi connectivity index (χ4n) is 1.86. The highest BCUT2D eigenvalue weighted by molar-refractivity contribution is 9.10. The number of hydrogen-bond acceptors (Lipinski definition) is 5. The topological polar surface area (TPSA) is 74.2 Å². The van der Waals surface area contributed by atoms with E-state index >= 15 is 0 Å². The van der Waals surface area contributed by atoms with E-state index < -0.39 is 0 Å². The summed E-state index contributed by atoms with van der Waals surface area (Å²) in [6.07, 6.45) is 3.32. The number of rotatable bonds is 2. The van der Waals surface area contributed by atoms with Gasteiger partial charge in [0.15, 0.2) is 11.3 Å². The van der Waals surface area contributed by atoms with Crippen molar-refractivity contribution < 1.29 is 9.15 Å². The molecule has 5 nitrogen and oxygen atoms in total. The number of methoxy groups -OCH3 is 1. The minimum Gasteiger partial charge on any atom is -0.493 e. The van der Waals surface area contributed by atoms with Crippen molar-refractivity contribution >= 4 is 32.7 Å². The summed E-state index contributed by atoms with van der Waals surface area (Å²) < 4.78 is 11.6. The third-order valence-corrected chi connectivity index (χ3v) is 3.30. The van der Waals surface area contributed by atoms with Gasteiger partial charge in [0.2, 0.25) is 5.89 Å². The summed E-state index contributed by atoms with van der Waals surface area (Å²) in [5, 5.41) is 0. The van der Waals surface area contributed by atoms with E-state index in [1.165, 1.54) is 0 Å². The lowest BCUT2D eigenvalue weighted by atomic mass is 10.2. The average Bonchev–Trinajstić information content (AvgIpc) is 2.82. The molecule has 3 rings (SSSR count). The molecule has 6 heteroatoms. The summed E-state index contributed by atoms with van der Waals surface area (Å²) in [5.74, 6) is 1.10. The molecule has 0 spiro atoms. The van der Waals surface area contributed by atoms with E-state index in [1.54, 1.807) is 31.6 Å². The van der Waals surface area contributed by atoms with Gasteiger partial charge in [-0.1, -0.05) is 0 Å². The van der Waals surface area contributed by atoms with Crippen LogP contribution in [0.5, 0.6) is 5.75 Å². The minimum atomic E-state index is 0.498. The van der Waals surface area contributed by atoms with Gasteiger partial charge in [0, 0.05) is 17.8 Å². The summed E-state index contributed by atoms with van der Waals surface area (Å²) >= 11 is 3.41. The Morgan fingerprint density at radius 2 is 2.21 bits per heavy atom. The molecule has 2 aromatic heterocycles. The third kappa shape index (κ3) is 2.04. The number of anilines is 1. The molecule has 0 atom stereocenters. The first-order valence-electron chi connectivity index (χ1n) is 5.53. The van der Waals surface area contributed by atoms with Gasteiger partial charge in [-0.15, -0.1) is 0 Å². The van der Waals surface area contributed by atoms with Crippen LogP contribution in [0.3, 0.4) is 0 Å². The predicted octanol–water partition coefficient (Wildman–Crippen LogP) is 3.24. The molecule has 2 heterocycles. The van der Waals surface area contributed by atoms with E-state index in [0.717, 1.165) is 10.0 Å². The van der Waals surface area contributed by atoms with Crippen molar-refractivity contribution in [2.24, 2.45) is 0 Å². The molecule has 0 amide bonds. The van der Waals surface area contributed by atoms with Crippen LogP contribution in [0.15, 0.2) is 39.5 Å². The highest BCUT2D eigenvalue weighted by Gasteiger charge is 2.13. The van der Waals surface area contributed by atoms with E-state index in [2.05, 4.69) is 25.9 Å². The van der Waals surface area contributed by atoms with E-state index in [-0.39, 0.29) is 0 Å². The Kier molecular flexibility index (Phi) is 2.87. The van der Waals surface area contributed by atoms with Gasteiger partial charge >= 0.3 is 0 Å². The first-order chi connectivity index (χ1) is 9.19. The molecule has 2 N–H and O–H groups in total. The average molecular weight is 320 g/mol. The smallest absolute Gasteiger partial charge is 0.227 e. The van der Waals surface area contributed by atoms with E-state index in [4.69, 9.17) is 14.9 Å². The van der Waals surface area contributed by atoms with Crippen LogP contribution in [0.4, 0.5) is 5.69 Å². The van der Waals surface area contributed by atoms with Gasteiger partial charge in [0.05, 0.1) is 23.5 Å². The van der Waals surface area contributed by atoms with Crippen molar-refractivity contribution in [3.63, 3.8) is 0 Å². The number of aromatic nitrogens is 2. The summed E-state index contributed by atoms with van der Waals surface area (Å²) in [6, 6.07) is 5.39. The van der Waals surface area contributed by atoms with Crippen LogP contribution >= 0.6 is 15.9 Å². The molecule has 0 saturated carbocycles. The van der Waals surface area contributed by atoms with E-state index in [1.807, 2.05) is 6.07 Å². The second kappa shape index (κ2) is 4.55. The van der Waals surface area contributed by atoms with Gasteiger partial charge in [-0.2, -0.15) is 0 Å². The van der Waals surface area contributed by atoms with Gasteiger partial charge < -0.3 is 14.9 Å². The number of halogens is 1. The van der Waals surface area contributed by atoms with Crippen molar-refractivity contribution in [1.82, 2.24) is 9.97 Å². The van der Waals surface area contributed by atoms with Crippen molar-refractivity contribution in [3.05, 3.63) is 35.1 Å². The Hall–Kier alpha value is -2.08. The number of nitrogens with two attached hydrogens (primary N) is 1. The zero-order valence-electron chi connectivity index (χ0n) is 10.1. The Morgan fingerprint density at radius 1 is 1.37 bits per heavy atom. The van der Waals surface area contributed by atoms with Crippen LogP contribution in [0.1, 0.15) is 0 Å². The highest BCUT2D eigenvalue weighted by atomic mass is 79.9. The van der Waals surface area contributed by atoms with Gasteiger partial charge in [0.1, 0.15) is 5.52 Å². The molecular weight excluding hydrogens is 310 g/mol. The van der Waals surface area contributed by atoms with Crippen LogP contribution in [0, 0.1) is 0 Å². The van der Waals surface area contributed by atoms with Gasteiger partial charge in [-0.25, -0.2) is 4.98 Å². The maximum atomic E-state index is 5.93. The maximum absolute atomic E-state index is 5.93. The lowest BCUT2D eigenvalue weighted by Crippen LogP contribution is -1.94. The standard InChI is InChI=1S/C13H10BrN3O2/c1-18-12-8(14)4-7(5-9(12)15)13-17-10-6-16-3-2-11(10)19-13/h2-6H,15H2,1H3. The number of hydrogen-bond donors (Lipinski definition) is 1. The quantitative estimate of drug-likeness (QED) is 0.734. The monoisotopic (exact) mass is 319 g/mol. The molecule has 1 aromatic carbocycles. The van der Waals surface area contributed by atoms with Crippen molar-refractivity contribution in [3.8, 4) is 17.2 Å². The zero-order chi connectivity index (χ0) is 13.4. The maximum Gasteiger partial charge on any atom is 0.227 e. The molecule has 3 aromatic rings. The van der Waals surface area contributed by atoms with E-state index in [9.17, 15) is 0 Å². The molecule has 0 bridgehead atoms. The molecule has 0 saturated heterocycles. The normalized spacial score (nSPS) is 10.8. The number of ether oxygens (including phenoxy) is 1. The second-order valence-electron chi connectivity index (χ2n) is 3.94. The number of oxazole rings is 1. The van der Waals surface area contributed by atoms with E-state index in [0.29, 0.717) is 28.4 Å². The summed E-state index contributed by atoms with van der Waals surface area (Å²) in [6.45, 7) is 0. The summed E-state index contributed by atoms with van der Waals surface area (Å²) in [7, 11) is 1.57. The first-order valence-corrected chi connectivity index (χ1v) is 6.32. The summed E-state index contributed by atoms with van der Waals surface area (Å²) in [5.41, 5.74) is 8.63. The molecule has 96 valence electrons. The number of pyridine rings is 1. The van der Waals surface area contributed by atoms with Crippen LogP contribution in [0.25, 0.3) is 22.6 Å². The minimum absolute atomic E-state index is 0.498. The second-order valence-corrected chi connectivity index (χ2v) is 4.80. The Morgan fingerprint density at radius 3 is 2.89 bits per heavy atom. The van der Waals surface area contributed by atoms with Crippen LogP contribution in [-0.4, -0.2) is 17.1 Å². The molecule has 0 fully saturated rings. The fourth-order valence-corrected chi connectivity index (χ4v) is 2.49. The molecule has 0 aliphatic carbocycles. The largest absolute Gasteiger partial charge is 0.493 e. The van der Waals surface area contributed by atoms with Crippen molar-refractivity contribution in [2.45, 2.75) is 0 Å². The molecule has 0 aliphatic heterocycles. The SMILES string of the molecule is COc1c(N)cc(-c2nc3cnccc3o2)cc1Br. The van der Waals surface area contributed by atoms with Crippen molar-refractivity contribution in [1.29, 1.82) is 0 Å². The number of nitrogen functional groups attached to an aromatic ring is 1. The number of fused-ring (bicyclic) bond motifs is 1. The third-order valence-electron chi connectivity index (χ3n) is 2.71. The summed E-state index contributed by atoms with van der Waals surface area (Å²) in [4.78, 5) is 8.38. The Balaban J connectivity index is 2.16. The molecule has 0 radical (unpaired) electrons.